The zero-order valence-electron chi connectivity index (χ0n) is 12.3. The Hall–Kier alpha value is -3.02. The summed E-state index contributed by atoms with van der Waals surface area (Å²) in [6.45, 7) is 1.91. The second kappa shape index (κ2) is 5.01. The number of hydrogen-bond donors (Lipinski definition) is 0. The summed E-state index contributed by atoms with van der Waals surface area (Å²) in [6, 6.07) is 6.65. The third kappa shape index (κ3) is 2.11. The predicted molar refractivity (Wildman–Crippen MR) is 82.1 cm³/mol. The van der Waals surface area contributed by atoms with Gasteiger partial charge in [-0.3, -0.25) is 14.3 Å². The summed E-state index contributed by atoms with van der Waals surface area (Å²) in [6.07, 6.45) is 4.41. The van der Waals surface area contributed by atoms with Gasteiger partial charge in [0.2, 0.25) is 0 Å². The van der Waals surface area contributed by atoms with Gasteiger partial charge < -0.3 is 4.74 Å². The fourth-order valence-electron chi connectivity index (χ4n) is 2.77. The lowest BCUT2D eigenvalue weighted by molar-refractivity contribution is 0.290. The van der Waals surface area contributed by atoms with Crippen molar-refractivity contribution in [2.24, 2.45) is 0 Å². The maximum Gasteiger partial charge on any atom is 0.258 e. The molecule has 1 aliphatic heterocycles. The van der Waals surface area contributed by atoms with Crippen LogP contribution < -0.4 is 10.3 Å². The van der Waals surface area contributed by atoms with Crippen LogP contribution in [0.15, 0.2) is 47.7 Å². The topological polar surface area (TPSA) is 57.0 Å². The highest BCUT2D eigenvalue weighted by molar-refractivity contribution is 5.71. The molecule has 4 rings (SSSR count). The average Bonchev–Trinajstić information content (AvgIpc) is 2.56. The summed E-state index contributed by atoms with van der Waals surface area (Å²) in [5, 5.41) is 0. The lowest BCUT2D eigenvalue weighted by Gasteiger charge is -2.23. The van der Waals surface area contributed by atoms with E-state index < -0.39 is 5.82 Å². The third-order valence-corrected chi connectivity index (χ3v) is 3.83. The van der Waals surface area contributed by atoms with Crippen molar-refractivity contribution < 1.29 is 9.13 Å². The number of ether oxygens (including phenoxy) is 1. The van der Waals surface area contributed by atoms with E-state index in [1.165, 1.54) is 6.07 Å². The van der Waals surface area contributed by atoms with E-state index in [1.807, 2.05) is 6.07 Å². The first-order valence-corrected chi connectivity index (χ1v) is 7.10. The summed E-state index contributed by atoms with van der Waals surface area (Å²) >= 11 is 0. The van der Waals surface area contributed by atoms with Gasteiger partial charge in [0, 0.05) is 23.4 Å². The van der Waals surface area contributed by atoms with Crippen molar-refractivity contribution in [3.63, 3.8) is 0 Å². The van der Waals surface area contributed by atoms with Gasteiger partial charge in [0.1, 0.15) is 23.9 Å². The van der Waals surface area contributed by atoms with Gasteiger partial charge in [-0.2, -0.15) is 0 Å². The highest BCUT2D eigenvalue weighted by Crippen LogP contribution is 2.36. The Bertz CT molecular complexity index is 968. The van der Waals surface area contributed by atoms with Crippen molar-refractivity contribution in [1.29, 1.82) is 0 Å². The smallest absolute Gasteiger partial charge is 0.258 e. The molecule has 6 heteroatoms. The van der Waals surface area contributed by atoms with Crippen LogP contribution in [0, 0.1) is 12.7 Å². The van der Waals surface area contributed by atoms with Crippen molar-refractivity contribution in [1.82, 2.24) is 14.5 Å². The monoisotopic (exact) mass is 309 g/mol. The fourth-order valence-corrected chi connectivity index (χ4v) is 2.77. The van der Waals surface area contributed by atoms with Gasteiger partial charge >= 0.3 is 0 Å². The molecule has 0 saturated carbocycles. The largest absolute Gasteiger partial charge is 0.485 e. The molecule has 114 valence electrons. The molecule has 0 spiro atoms. The summed E-state index contributed by atoms with van der Waals surface area (Å²) < 4.78 is 20.5. The van der Waals surface area contributed by atoms with Gasteiger partial charge in [-0.25, -0.2) is 9.37 Å². The highest BCUT2D eigenvalue weighted by Gasteiger charge is 2.24. The molecule has 3 aromatic heterocycles. The lowest BCUT2D eigenvalue weighted by atomic mass is 10.0. The minimum Gasteiger partial charge on any atom is -0.485 e. The summed E-state index contributed by atoms with van der Waals surface area (Å²) in [5.41, 5.74) is 3.09. The van der Waals surface area contributed by atoms with E-state index in [9.17, 15) is 9.18 Å². The molecule has 23 heavy (non-hydrogen) atoms. The van der Waals surface area contributed by atoms with E-state index in [1.54, 1.807) is 36.0 Å². The number of halogens is 1. The minimum atomic E-state index is -0.454. The molecule has 0 bridgehead atoms. The lowest BCUT2D eigenvalue weighted by Crippen LogP contribution is -2.27. The molecule has 0 amide bonds. The Kier molecular flexibility index (Phi) is 2.97. The van der Waals surface area contributed by atoms with E-state index in [0.29, 0.717) is 28.4 Å². The van der Waals surface area contributed by atoms with E-state index >= 15 is 0 Å². The summed E-state index contributed by atoms with van der Waals surface area (Å²) in [5.74, 6) is -0.0715. The third-order valence-electron chi connectivity index (χ3n) is 3.83. The molecule has 5 nitrogen and oxygen atoms in total. The van der Waals surface area contributed by atoms with Gasteiger partial charge in [-0.15, -0.1) is 0 Å². The van der Waals surface area contributed by atoms with Gasteiger partial charge in [0.05, 0.1) is 23.8 Å². The molecule has 0 unspecified atom stereocenters. The minimum absolute atomic E-state index is 0.133. The maximum absolute atomic E-state index is 13.4. The summed E-state index contributed by atoms with van der Waals surface area (Å²) in [7, 11) is 0. The Morgan fingerprint density at radius 3 is 2.96 bits per heavy atom. The van der Waals surface area contributed by atoms with E-state index in [2.05, 4.69) is 9.97 Å². The number of aromatic nitrogens is 3. The van der Waals surface area contributed by atoms with Crippen molar-refractivity contribution in [2.75, 3.05) is 0 Å². The van der Waals surface area contributed by atoms with E-state index in [4.69, 9.17) is 4.74 Å². The number of nitrogens with zero attached hydrogens (tertiary/aromatic N) is 3. The summed E-state index contributed by atoms with van der Waals surface area (Å²) in [4.78, 5) is 20.8. The molecule has 0 atom stereocenters. The molecule has 0 saturated heterocycles. The predicted octanol–water partition coefficient (Wildman–Crippen LogP) is 2.63. The fraction of sp³-hybridized carbons (Fsp3) is 0.118. The maximum atomic E-state index is 13.4. The standard InChI is InChI=1S/C17H12FN3O2/c1-10-5-13-14(9-23-15-6-11(18)7-20-16(13)15)21(17(10)22)12-3-2-4-19-8-12/h2-8H,9H2,1H3. The van der Waals surface area contributed by atoms with Gasteiger partial charge in [-0.05, 0) is 25.1 Å². The number of pyridine rings is 3. The van der Waals surface area contributed by atoms with Crippen molar-refractivity contribution in [2.45, 2.75) is 13.5 Å². The second-order valence-electron chi connectivity index (χ2n) is 5.33. The van der Waals surface area contributed by atoms with Crippen LogP contribution in [-0.4, -0.2) is 14.5 Å². The zero-order valence-corrected chi connectivity index (χ0v) is 12.3. The van der Waals surface area contributed by atoms with Gasteiger partial charge in [-0.1, -0.05) is 0 Å². The van der Waals surface area contributed by atoms with Crippen LogP contribution in [0.2, 0.25) is 0 Å². The molecule has 0 radical (unpaired) electrons. The molecular weight excluding hydrogens is 297 g/mol. The second-order valence-corrected chi connectivity index (χ2v) is 5.33. The molecular formula is C17H12FN3O2. The van der Waals surface area contributed by atoms with Crippen molar-refractivity contribution >= 4 is 0 Å². The van der Waals surface area contributed by atoms with Crippen molar-refractivity contribution in [3.8, 4) is 22.7 Å². The Morgan fingerprint density at radius 1 is 1.30 bits per heavy atom. The molecule has 3 aromatic rings. The van der Waals surface area contributed by atoms with Crippen LogP contribution in [0.5, 0.6) is 5.75 Å². The Morgan fingerprint density at radius 2 is 2.17 bits per heavy atom. The Balaban J connectivity index is 2.05. The highest BCUT2D eigenvalue weighted by atomic mass is 19.1. The first-order chi connectivity index (χ1) is 11.1. The quantitative estimate of drug-likeness (QED) is 0.693. The first kappa shape index (κ1) is 13.6. The SMILES string of the molecule is Cc1cc2c(n(-c3cccnc3)c1=O)COc1cc(F)cnc1-2. The molecule has 0 aliphatic carbocycles. The number of hydrogen-bond acceptors (Lipinski definition) is 4. The van der Waals surface area contributed by atoms with Crippen LogP contribution in [0.3, 0.4) is 0 Å². The van der Waals surface area contributed by atoms with Crippen LogP contribution in [0.1, 0.15) is 11.3 Å². The van der Waals surface area contributed by atoms with E-state index in [-0.39, 0.29) is 12.2 Å². The van der Waals surface area contributed by atoms with Crippen LogP contribution in [0.4, 0.5) is 4.39 Å². The van der Waals surface area contributed by atoms with Crippen LogP contribution in [-0.2, 0) is 6.61 Å². The van der Waals surface area contributed by atoms with Crippen LogP contribution in [0.25, 0.3) is 16.9 Å². The van der Waals surface area contributed by atoms with Crippen LogP contribution >= 0.6 is 0 Å². The number of aryl methyl sites for hydroxylation is 1. The number of fused-ring (bicyclic) bond motifs is 3. The zero-order chi connectivity index (χ0) is 16.0. The Labute approximate surface area is 131 Å². The molecule has 4 heterocycles. The molecule has 0 aromatic carbocycles. The molecule has 0 N–H and O–H groups in total. The molecule has 0 fully saturated rings. The van der Waals surface area contributed by atoms with Crippen molar-refractivity contribution in [3.05, 3.63) is 70.3 Å². The van der Waals surface area contributed by atoms with E-state index in [0.717, 1.165) is 11.8 Å². The normalized spacial score (nSPS) is 12.3. The van der Waals surface area contributed by atoms with Gasteiger partial charge in [0.15, 0.2) is 0 Å². The number of rotatable bonds is 1. The molecule has 1 aliphatic rings. The van der Waals surface area contributed by atoms with Gasteiger partial charge in [0.25, 0.3) is 5.56 Å². The average molecular weight is 309 g/mol. The first-order valence-electron chi connectivity index (χ1n) is 7.10.